The van der Waals surface area contributed by atoms with Crippen molar-refractivity contribution >= 4 is 6.48 Å². The van der Waals surface area contributed by atoms with Gasteiger partial charge in [-0.15, -0.1) is 0 Å². The van der Waals surface area contributed by atoms with Crippen LogP contribution in [0.1, 0.15) is 88.8 Å². The van der Waals surface area contributed by atoms with Crippen LogP contribution in [0.25, 0.3) is 11.1 Å². The van der Waals surface area contributed by atoms with E-state index in [1.54, 1.807) is 15.3 Å². The van der Waals surface area contributed by atoms with E-state index >= 15 is 0 Å². The molecule has 226 valence electrons. The van der Waals surface area contributed by atoms with Crippen LogP contribution in [-0.2, 0) is 38.5 Å². The Morgan fingerprint density at radius 1 is 0.659 bits per heavy atom. The van der Waals surface area contributed by atoms with Gasteiger partial charge < -0.3 is 24.8 Å². The number of hydrogen-bond donors (Lipinski definition) is 0. The van der Waals surface area contributed by atoms with Gasteiger partial charge in [0.2, 0.25) is 0 Å². The van der Waals surface area contributed by atoms with Crippen molar-refractivity contribution in [3.63, 3.8) is 0 Å². The fourth-order valence-corrected chi connectivity index (χ4v) is 15.3. The van der Waals surface area contributed by atoms with E-state index in [4.69, 9.17) is 0 Å². The molecule has 0 nitrogen and oxygen atoms in total. The average Bonchev–Trinajstić information content (AvgIpc) is 3.49. The monoisotopic (exact) mass is 696 g/mol. The number of hydrogen-bond acceptors (Lipinski definition) is 0. The Labute approximate surface area is 285 Å². The first kappa shape index (κ1) is 34.6. The normalized spacial score (nSPS) is 15.1. The molecule has 0 amide bonds. The summed E-state index contributed by atoms with van der Waals surface area (Å²) < 4.78 is 4.93. The van der Waals surface area contributed by atoms with Crippen molar-refractivity contribution in [1.29, 1.82) is 0 Å². The molecular formula is C41H44Cl2Zr. The zero-order valence-corrected chi connectivity index (χ0v) is 31.3. The van der Waals surface area contributed by atoms with Crippen molar-refractivity contribution in [3.8, 4) is 11.1 Å². The molecule has 0 heterocycles. The van der Waals surface area contributed by atoms with Gasteiger partial charge in [0.15, 0.2) is 0 Å². The fourth-order valence-electron chi connectivity index (χ4n) is 6.76. The van der Waals surface area contributed by atoms with E-state index in [0.717, 1.165) is 6.42 Å². The van der Waals surface area contributed by atoms with Crippen LogP contribution in [0.3, 0.4) is 0 Å². The second-order valence-electron chi connectivity index (χ2n) is 14.4. The Morgan fingerprint density at radius 3 is 1.68 bits per heavy atom. The SMILES string of the molecule is CC1=CC(C)[C]([Zr+2](=[C](c2ccc(C(C)(C)C)cc2)c2ccc(C(C)(C)C)cc2)[c]2cccc3c2Cc2ccccc2-3)=C1.[Cl-].[Cl-]. The summed E-state index contributed by atoms with van der Waals surface area (Å²) in [7, 11) is 0. The Kier molecular flexibility index (Phi) is 10.4. The molecule has 0 fully saturated rings. The van der Waals surface area contributed by atoms with Crippen LogP contribution in [0, 0.1) is 5.92 Å². The first-order valence-corrected chi connectivity index (χ1v) is 19.2. The summed E-state index contributed by atoms with van der Waals surface area (Å²) in [6.45, 7) is 18.6. The molecule has 0 saturated heterocycles. The largest absolute Gasteiger partial charge is 1.00 e. The third-order valence-corrected chi connectivity index (χ3v) is 17.1. The summed E-state index contributed by atoms with van der Waals surface area (Å²) in [5.74, 6) is 0.469. The number of halogens is 2. The molecule has 3 heteroatoms. The zero-order valence-electron chi connectivity index (χ0n) is 27.4. The number of rotatable bonds is 4. The van der Waals surface area contributed by atoms with Gasteiger partial charge in [-0.2, -0.15) is 0 Å². The van der Waals surface area contributed by atoms with Gasteiger partial charge in [0.25, 0.3) is 0 Å². The van der Waals surface area contributed by atoms with Gasteiger partial charge in [-0.1, -0.05) is 0 Å². The Balaban J connectivity index is 0.00000221. The molecule has 0 aliphatic heterocycles. The standard InChI is InChI=1S/C21H26.C13H9.C7H9.2ClH.Zr/c1-20(2,3)18-11-7-16(8-12-18)15-17-9-13-19(14-10-17)21(4,5)6;1-3-7-12-10(5-1)9-11-6-2-4-8-13(11)12;1-6-3-4-7(2)5-6;;;/h7-14H,1-6H3;1-5,7-8H,9H2;3,5,7H,1-2H3;2*1H;/q;;;;;+2/p-2. The minimum atomic E-state index is -2.72. The minimum Gasteiger partial charge on any atom is -1.00 e. The van der Waals surface area contributed by atoms with Crippen LogP contribution in [0.5, 0.6) is 0 Å². The fraction of sp³-hybridized carbons (Fsp3) is 0.293. The van der Waals surface area contributed by atoms with Crippen LogP contribution >= 0.6 is 0 Å². The van der Waals surface area contributed by atoms with Crippen LogP contribution in [0.15, 0.2) is 112 Å². The van der Waals surface area contributed by atoms with Crippen molar-refractivity contribution in [1.82, 2.24) is 0 Å². The Morgan fingerprint density at radius 2 is 1.18 bits per heavy atom. The van der Waals surface area contributed by atoms with E-state index < -0.39 is 21.3 Å². The Hall–Kier alpha value is -2.31. The second-order valence-corrected chi connectivity index (χ2v) is 20.2. The molecule has 4 aromatic carbocycles. The van der Waals surface area contributed by atoms with Crippen molar-refractivity contribution in [3.05, 3.63) is 145 Å². The summed E-state index contributed by atoms with van der Waals surface area (Å²) in [5, 5.41) is 0. The molecule has 0 radical (unpaired) electrons. The molecule has 2 aliphatic rings. The number of benzene rings is 4. The molecule has 4 aromatic rings. The smallest absolute Gasteiger partial charge is 1.00 e. The summed E-state index contributed by atoms with van der Waals surface area (Å²) in [6.07, 6.45) is 6.07. The predicted octanol–water partition coefficient (Wildman–Crippen LogP) is 3.85. The van der Waals surface area contributed by atoms with Gasteiger partial charge in [-0.3, -0.25) is 0 Å². The summed E-state index contributed by atoms with van der Waals surface area (Å²) >= 11 is -2.72. The van der Waals surface area contributed by atoms with E-state index in [-0.39, 0.29) is 35.6 Å². The average molecular weight is 699 g/mol. The van der Waals surface area contributed by atoms with Crippen molar-refractivity contribution < 1.29 is 46.1 Å². The molecule has 6 rings (SSSR count). The van der Waals surface area contributed by atoms with Gasteiger partial charge >= 0.3 is 263 Å². The minimum absolute atomic E-state index is 0. The molecule has 44 heavy (non-hydrogen) atoms. The van der Waals surface area contributed by atoms with Gasteiger partial charge in [0, 0.05) is 0 Å². The third kappa shape index (κ3) is 6.63. The van der Waals surface area contributed by atoms with E-state index in [2.05, 4.69) is 159 Å². The molecule has 1 unspecified atom stereocenters. The van der Waals surface area contributed by atoms with Crippen LogP contribution in [0.2, 0.25) is 0 Å². The van der Waals surface area contributed by atoms with E-state index in [1.165, 1.54) is 44.5 Å². The van der Waals surface area contributed by atoms with E-state index in [0.29, 0.717) is 5.92 Å². The molecule has 1 atom stereocenters. The van der Waals surface area contributed by atoms with E-state index in [9.17, 15) is 0 Å². The third-order valence-electron chi connectivity index (χ3n) is 9.12. The van der Waals surface area contributed by atoms with Crippen molar-refractivity contribution in [2.75, 3.05) is 0 Å². The van der Waals surface area contributed by atoms with Gasteiger partial charge in [0.1, 0.15) is 0 Å². The zero-order chi connectivity index (χ0) is 29.8. The van der Waals surface area contributed by atoms with Crippen LogP contribution in [-0.4, -0.2) is 3.21 Å². The summed E-state index contributed by atoms with van der Waals surface area (Å²) in [6, 6.07) is 35.4. The first-order valence-electron chi connectivity index (χ1n) is 15.5. The molecule has 0 N–H and O–H groups in total. The molecule has 0 aromatic heterocycles. The molecule has 0 saturated carbocycles. The molecular weight excluding hydrogens is 655 g/mol. The topological polar surface area (TPSA) is 0 Å². The maximum Gasteiger partial charge on any atom is -1.00 e. The van der Waals surface area contributed by atoms with Crippen LogP contribution in [0.4, 0.5) is 0 Å². The van der Waals surface area contributed by atoms with Crippen molar-refractivity contribution in [2.24, 2.45) is 5.92 Å². The van der Waals surface area contributed by atoms with Crippen molar-refractivity contribution in [2.45, 2.75) is 72.6 Å². The van der Waals surface area contributed by atoms with E-state index in [1.807, 2.05) is 0 Å². The summed E-state index contributed by atoms with van der Waals surface area (Å²) in [4.78, 5) is 0. The first-order chi connectivity index (χ1) is 19.9. The van der Waals surface area contributed by atoms with Crippen LogP contribution < -0.4 is 28.1 Å². The summed E-state index contributed by atoms with van der Waals surface area (Å²) in [5.41, 5.74) is 13.1. The quantitative estimate of drug-likeness (QED) is 0.268. The maximum absolute atomic E-state index is 2.72. The number of allylic oxidation sites excluding steroid dienone is 4. The predicted molar refractivity (Wildman–Crippen MR) is 179 cm³/mol. The second kappa shape index (κ2) is 13.2. The molecule has 0 bridgehead atoms. The Bertz CT molecular complexity index is 1700. The van der Waals surface area contributed by atoms with Gasteiger partial charge in [-0.05, 0) is 0 Å². The molecule has 0 spiro atoms. The van der Waals surface area contributed by atoms with Gasteiger partial charge in [0.05, 0.1) is 0 Å². The maximum atomic E-state index is 2.55. The van der Waals surface area contributed by atoms with Gasteiger partial charge in [-0.25, -0.2) is 0 Å². The number of fused-ring (bicyclic) bond motifs is 3. The molecule has 2 aliphatic carbocycles.